The van der Waals surface area contributed by atoms with Crippen LogP contribution in [-0.2, 0) is 0 Å². The molecule has 520 valence electrons. The highest BCUT2D eigenvalue weighted by Gasteiger charge is 2.45. The van der Waals surface area contributed by atoms with Gasteiger partial charge in [0.05, 0.1) is 22.1 Å². The number of fused-ring (bicyclic) bond motifs is 28. The number of hydrogen-bond donors (Lipinski definition) is 0. The average molecular weight is 1430 g/mol. The summed E-state index contributed by atoms with van der Waals surface area (Å²) in [6.07, 6.45) is 0. The number of aryl methyl sites for hydroxylation is 4. The van der Waals surface area contributed by atoms with Crippen LogP contribution in [-0.4, -0.2) is 45.1 Å². The normalized spacial score (nSPS) is 13.4. The summed E-state index contributed by atoms with van der Waals surface area (Å²) >= 11 is 0. The quantitative estimate of drug-likeness (QED) is 0.142. The molecule has 0 radical (unpaired) electrons. The summed E-state index contributed by atoms with van der Waals surface area (Å²) in [5.74, 6) is 7.76. The van der Waals surface area contributed by atoms with Crippen LogP contribution >= 0.6 is 0 Å². The maximum Gasteiger partial charge on any atom is 0.256 e. The molecule has 28 rings (SSSR count). The van der Waals surface area contributed by atoms with Crippen LogP contribution in [0.1, 0.15) is 22.3 Å². The smallest absolute Gasteiger partial charge is 0.256 e. The predicted molar refractivity (Wildman–Crippen MR) is 467 cm³/mol. The summed E-state index contributed by atoms with van der Waals surface area (Å²) in [7, 11) is 0. The van der Waals surface area contributed by atoms with Gasteiger partial charge in [-0.15, -0.1) is 0 Å². The number of ether oxygens (including phenoxy) is 4. The predicted octanol–water partition coefficient (Wildman–Crippen LogP) is 16.1. The van der Waals surface area contributed by atoms with Crippen molar-refractivity contribution in [2.75, 3.05) is 0 Å². The molecule has 0 fully saturated rings. The first kappa shape index (κ1) is 62.1. The monoisotopic (exact) mass is 1430 g/mol. The number of rotatable bonds is 0. The van der Waals surface area contributed by atoms with Crippen molar-refractivity contribution in [3.05, 3.63) is 338 Å². The molecule has 0 saturated heterocycles. The molecule has 0 N–H and O–H groups in total. The Morgan fingerprint density at radius 1 is 0.205 bits per heavy atom. The summed E-state index contributed by atoms with van der Waals surface area (Å²) < 4.78 is 35.2. The van der Waals surface area contributed by atoms with E-state index >= 15 is 0 Å². The second-order valence-electron chi connectivity index (χ2n) is 31.3. The van der Waals surface area contributed by atoms with Crippen molar-refractivity contribution >= 4 is 180 Å². The summed E-state index contributed by atoms with van der Waals surface area (Å²) in [6, 6.07) is 113. The molecule has 112 heavy (non-hydrogen) atoms. The van der Waals surface area contributed by atoms with Gasteiger partial charge < -0.3 is 37.2 Å². The van der Waals surface area contributed by atoms with E-state index in [1.807, 2.05) is 0 Å². The fourth-order valence-electron chi connectivity index (χ4n) is 21.1. The van der Waals surface area contributed by atoms with Gasteiger partial charge in [0.25, 0.3) is 26.9 Å². The third-order valence-electron chi connectivity index (χ3n) is 25.4. The van der Waals surface area contributed by atoms with Gasteiger partial charge in [0.2, 0.25) is 0 Å². The molecule has 4 aromatic heterocycles. The van der Waals surface area contributed by atoms with Gasteiger partial charge in [0.15, 0.2) is 0 Å². The van der Waals surface area contributed by atoms with Crippen LogP contribution < -0.4 is 84.5 Å². The number of hydrogen-bond acceptors (Lipinski definition) is 4. The molecular weight excluding hydrogens is 1360 g/mol. The molecule has 0 aliphatic carbocycles. The van der Waals surface area contributed by atoms with Gasteiger partial charge in [-0.05, 0) is 201 Å². The Labute approximate surface area is 646 Å². The molecule has 0 bridgehead atoms. The first-order valence-corrected chi connectivity index (χ1v) is 39.0. The topological polar surface area (TPSA) is 56.6 Å². The van der Waals surface area contributed by atoms with E-state index < -0.39 is 0 Å². The molecule has 0 saturated carbocycles. The zero-order valence-corrected chi connectivity index (χ0v) is 61.8. The Morgan fingerprint density at radius 3 is 1.12 bits per heavy atom. The Kier molecular flexibility index (Phi) is 12.7. The maximum absolute atomic E-state index is 6.35. The Hall–Kier alpha value is -13.8. The van der Waals surface area contributed by atoms with Gasteiger partial charge in [-0.1, -0.05) is 230 Å². The van der Waals surface area contributed by atoms with Crippen LogP contribution in [0, 0.1) is 27.7 Å². The van der Waals surface area contributed by atoms with Gasteiger partial charge in [-0.2, -0.15) is 0 Å². The molecule has 16 aromatic carbocycles. The van der Waals surface area contributed by atoms with E-state index in [2.05, 4.69) is 361 Å². The summed E-state index contributed by atoms with van der Waals surface area (Å²) in [5, 5.41) is 10.6. The molecule has 8 aliphatic rings. The maximum atomic E-state index is 6.35. The zero-order chi connectivity index (χ0) is 73.6. The van der Waals surface area contributed by atoms with Crippen LogP contribution in [0.5, 0.6) is 46.0 Å². The molecule has 8 nitrogen and oxygen atoms in total. The first-order chi connectivity index (χ1) is 55.3. The van der Waals surface area contributed by atoms with E-state index in [0.717, 1.165) is 46.0 Å². The number of nitrogens with zero attached hydrogens (tertiary/aromatic N) is 4. The molecule has 0 spiro atoms. The lowest BCUT2D eigenvalue weighted by molar-refractivity contribution is 0.487. The summed E-state index contributed by atoms with van der Waals surface area (Å²) in [6.45, 7) is 9.69. The van der Waals surface area contributed by atoms with Crippen molar-refractivity contribution in [2.24, 2.45) is 0 Å². The average Bonchev–Trinajstić information content (AvgIpc) is 1.49. The third-order valence-corrected chi connectivity index (χ3v) is 25.4. The number of benzene rings is 16. The fourth-order valence-corrected chi connectivity index (χ4v) is 21.1. The Balaban J connectivity index is 0.0000000847. The van der Waals surface area contributed by atoms with Crippen molar-refractivity contribution in [1.29, 1.82) is 0 Å². The van der Waals surface area contributed by atoms with Crippen molar-refractivity contribution in [3.63, 3.8) is 0 Å². The SMILES string of the molecule is Cc1cc2c3c(c1)c1ccccc1n3-c1cccc3c1B2c1ccccc1O3.Cc1ccc2c3c1c1ccccc1n3-c1cccc3c1B2c1ccccc1O3.Cc1ccc2c3ccccc3n3c2c1B1c2ccccc2Oc2cccc-3c21.Cc1cccc2c3cccc4c3n(c12)-c1cccc2c1B4c1ccccc1O2. The Morgan fingerprint density at radius 2 is 0.562 bits per heavy atom. The van der Waals surface area contributed by atoms with E-state index in [1.54, 1.807) is 0 Å². The number of aromatic nitrogens is 4. The van der Waals surface area contributed by atoms with Gasteiger partial charge in [0.1, 0.15) is 46.0 Å². The molecular formula is C100H64B4N4O4. The van der Waals surface area contributed by atoms with E-state index in [-0.39, 0.29) is 26.9 Å². The molecule has 0 unspecified atom stereocenters. The third kappa shape index (κ3) is 8.24. The van der Waals surface area contributed by atoms with Crippen molar-refractivity contribution in [1.82, 2.24) is 18.3 Å². The van der Waals surface area contributed by atoms with E-state index in [0.29, 0.717) is 0 Å². The zero-order valence-electron chi connectivity index (χ0n) is 61.8. The minimum Gasteiger partial charge on any atom is -0.458 e. The molecule has 8 aliphatic heterocycles. The van der Waals surface area contributed by atoms with Crippen molar-refractivity contribution in [3.8, 4) is 68.7 Å². The number of para-hydroxylation sites is 9. The minimum atomic E-state index is 0.204. The van der Waals surface area contributed by atoms with Crippen LogP contribution in [0.3, 0.4) is 0 Å². The summed E-state index contributed by atoms with van der Waals surface area (Å²) in [4.78, 5) is 0. The van der Waals surface area contributed by atoms with Crippen LogP contribution in [0.15, 0.2) is 315 Å². The lowest BCUT2D eigenvalue weighted by Crippen LogP contribution is -2.59. The lowest BCUT2D eigenvalue weighted by atomic mass is 9.34. The molecule has 0 amide bonds. The first-order valence-electron chi connectivity index (χ1n) is 39.0. The molecule has 12 heterocycles. The van der Waals surface area contributed by atoms with Gasteiger partial charge >= 0.3 is 0 Å². The molecule has 12 heteroatoms. The van der Waals surface area contributed by atoms with Crippen molar-refractivity contribution < 1.29 is 18.9 Å². The standard InChI is InChI=1S/4C25H16BNO/c1-15-13-17-16-7-2-4-9-20(16)27-21-10-6-12-23-24(21)26(19(14-15)25(17)27)18-8-3-5-11-22(18)28-23;1-15-13-14-17-16-7-2-4-9-19(16)27-20-10-6-12-22-24(20)26(23(15)25(17)27)18-8-3-5-11-21(18)28-22;1-15-13-14-18-25-23(15)16-7-2-4-9-19(16)27(25)20-10-6-12-22-24(20)26(18)17-8-3-5-11-21(17)28-22;1-15-7-4-8-16-17-9-5-11-19-25(17)27(24(15)16)20-12-6-14-22-23(20)26(19)18-10-2-3-13-21(18)28-22/h4*2-14H,1H3. The lowest BCUT2D eigenvalue weighted by Gasteiger charge is -2.33. The van der Waals surface area contributed by atoms with Crippen LogP contribution in [0.25, 0.3) is 110 Å². The van der Waals surface area contributed by atoms with E-state index in [9.17, 15) is 0 Å². The van der Waals surface area contributed by atoms with Crippen LogP contribution in [0.4, 0.5) is 0 Å². The molecule has 0 atom stereocenters. The van der Waals surface area contributed by atoms with E-state index in [1.165, 1.54) is 198 Å². The highest BCUT2D eigenvalue weighted by molar-refractivity contribution is 7.01. The molecule has 20 aromatic rings. The van der Waals surface area contributed by atoms with Crippen LogP contribution in [0.2, 0.25) is 0 Å². The highest BCUT2D eigenvalue weighted by atomic mass is 16.5. The van der Waals surface area contributed by atoms with E-state index in [4.69, 9.17) is 18.9 Å². The minimum absolute atomic E-state index is 0.204. The van der Waals surface area contributed by atoms with Crippen molar-refractivity contribution in [2.45, 2.75) is 27.7 Å². The second-order valence-corrected chi connectivity index (χ2v) is 31.3. The second kappa shape index (κ2) is 22.9. The van der Waals surface area contributed by atoms with Gasteiger partial charge in [0, 0.05) is 87.9 Å². The highest BCUT2D eigenvalue weighted by Crippen LogP contribution is 2.44. The Bertz CT molecular complexity index is 7630. The fraction of sp³-hybridized carbons (Fsp3) is 0.0400. The van der Waals surface area contributed by atoms with Gasteiger partial charge in [-0.25, -0.2) is 0 Å². The summed E-state index contributed by atoms with van der Waals surface area (Å²) in [5.41, 5.74) is 36.3. The largest absolute Gasteiger partial charge is 0.458 e. The van der Waals surface area contributed by atoms with Gasteiger partial charge in [-0.3, -0.25) is 0 Å².